The average Bonchev–Trinajstić information content (AvgIpc) is 3.04. The zero-order valence-corrected chi connectivity index (χ0v) is 11.8. The number of aromatic nitrogens is 4. The molecular weight excluding hydrogens is 256 g/mol. The van der Waals surface area contributed by atoms with Crippen LogP contribution in [0.1, 0.15) is 19.0 Å². The summed E-state index contributed by atoms with van der Waals surface area (Å²) in [6.45, 7) is 3.19. The van der Waals surface area contributed by atoms with Gasteiger partial charge in [-0.15, -0.1) is 10.2 Å². The molecule has 2 atom stereocenters. The van der Waals surface area contributed by atoms with Crippen LogP contribution in [0.15, 0.2) is 12.4 Å². The summed E-state index contributed by atoms with van der Waals surface area (Å²) in [6.07, 6.45) is 3.42. The fraction of sp³-hybridized carbons (Fsp3) is 0.615. The molecule has 1 fully saturated rings. The molecule has 1 saturated heterocycles. The Morgan fingerprint density at radius 1 is 1.50 bits per heavy atom. The molecule has 20 heavy (non-hydrogen) atoms. The predicted molar refractivity (Wildman–Crippen MR) is 75.7 cm³/mol. The van der Waals surface area contributed by atoms with Gasteiger partial charge in [0.1, 0.15) is 6.33 Å². The van der Waals surface area contributed by atoms with Crippen molar-refractivity contribution in [1.29, 1.82) is 0 Å². The molecule has 2 aromatic rings. The molecule has 7 nitrogen and oxygen atoms in total. The van der Waals surface area contributed by atoms with E-state index in [1.54, 1.807) is 10.8 Å². The number of nitrogens with zero attached hydrogens (tertiary/aromatic N) is 5. The van der Waals surface area contributed by atoms with Crippen molar-refractivity contribution in [3.8, 4) is 0 Å². The maximum absolute atomic E-state index is 9.34. The highest BCUT2D eigenvalue weighted by Gasteiger charge is 2.29. The third-order valence-corrected chi connectivity index (χ3v) is 3.94. The number of nitrogens with one attached hydrogen (secondary N) is 1. The first-order valence-electron chi connectivity index (χ1n) is 6.98. The third kappa shape index (κ3) is 2.34. The van der Waals surface area contributed by atoms with E-state index in [0.717, 1.165) is 36.4 Å². The van der Waals surface area contributed by atoms with Gasteiger partial charge >= 0.3 is 0 Å². The molecule has 0 unspecified atom stereocenters. The van der Waals surface area contributed by atoms with E-state index in [1.807, 2.05) is 13.1 Å². The monoisotopic (exact) mass is 276 g/mol. The Balaban J connectivity index is 1.85. The van der Waals surface area contributed by atoms with E-state index in [1.165, 1.54) is 0 Å². The first-order valence-corrected chi connectivity index (χ1v) is 6.98. The van der Waals surface area contributed by atoms with Crippen molar-refractivity contribution in [2.24, 2.45) is 0 Å². The molecule has 1 aliphatic heterocycles. The molecule has 0 radical (unpaired) electrons. The average molecular weight is 276 g/mol. The van der Waals surface area contributed by atoms with Gasteiger partial charge in [0.2, 0.25) is 5.65 Å². The van der Waals surface area contributed by atoms with Gasteiger partial charge in [0.25, 0.3) is 0 Å². The highest BCUT2D eigenvalue weighted by Crippen LogP contribution is 2.22. The zero-order chi connectivity index (χ0) is 14.1. The summed E-state index contributed by atoms with van der Waals surface area (Å²) in [5.41, 5.74) is 2.72. The molecule has 0 amide bonds. The number of anilines is 1. The van der Waals surface area contributed by atoms with E-state index in [4.69, 9.17) is 0 Å². The number of aryl methyl sites for hydroxylation is 1. The SMILES string of the molecule is CCc1cc(N[C@@H]2C[C@@H](CO)N(C)C2)c2nncn2n1. The fourth-order valence-corrected chi connectivity index (χ4v) is 2.78. The number of likely N-dealkylation sites (tertiary alicyclic amines) is 1. The van der Waals surface area contributed by atoms with E-state index in [2.05, 4.69) is 32.4 Å². The lowest BCUT2D eigenvalue weighted by atomic mass is 10.1. The minimum absolute atomic E-state index is 0.200. The van der Waals surface area contributed by atoms with E-state index >= 15 is 0 Å². The maximum atomic E-state index is 9.34. The second-order valence-corrected chi connectivity index (χ2v) is 5.35. The number of hydrogen-bond donors (Lipinski definition) is 2. The van der Waals surface area contributed by atoms with Crippen molar-refractivity contribution < 1.29 is 5.11 Å². The Kier molecular flexibility index (Phi) is 3.54. The Morgan fingerprint density at radius 3 is 3.05 bits per heavy atom. The Labute approximate surface area is 117 Å². The van der Waals surface area contributed by atoms with Crippen molar-refractivity contribution in [2.45, 2.75) is 31.8 Å². The van der Waals surface area contributed by atoms with Gasteiger partial charge in [-0.05, 0) is 26.0 Å². The molecule has 3 heterocycles. The number of rotatable bonds is 4. The summed E-state index contributed by atoms with van der Waals surface area (Å²) in [4.78, 5) is 2.18. The van der Waals surface area contributed by atoms with Crippen LogP contribution in [-0.4, -0.2) is 62.1 Å². The predicted octanol–water partition coefficient (Wildman–Crippen LogP) is 0.164. The smallest absolute Gasteiger partial charge is 0.200 e. The van der Waals surface area contributed by atoms with Gasteiger partial charge in [-0.3, -0.25) is 4.90 Å². The van der Waals surface area contributed by atoms with Crippen molar-refractivity contribution in [2.75, 3.05) is 25.5 Å². The molecule has 108 valence electrons. The second-order valence-electron chi connectivity index (χ2n) is 5.35. The number of hydrogen-bond acceptors (Lipinski definition) is 6. The molecular formula is C13H20N6O. The Bertz CT molecular complexity index is 598. The molecule has 0 aromatic carbocycles. The topological polar surface area (TPSA) is 78.6 Å². The van der Waals surface area contributed by atoms with E-state index in [0.29, 0.717) is 6.04 Å². The third-order valence-electron chi connectivity index (χ3n) is 3.94. The quantitative estimate of drug-likeness (QED) is 0.828. The van der Waals surface area contributed by atoms with Crippen LogP contribution in [-0.2, 0) is 6.42 Å². The molecule has 0 saturated carbocycles. The Morgan fingerprint density at radius 2 is 2.35 bits per heavy atom. The van der Waals surface area contributed by atoms with Crippen molar-refractivity contribution >= 4 is 11.3 Å². The van der Waals surface area contributed by atoms with Gasteiger partial charge in [-0.2, -0.15) is 9.61 Å². The van der Waals surface area contributed by atoms with E-state index < -0.39 is 0 Å². The lowest BCUT2D eigenvalue weighted by Crippen LogP contribution is -2.28. The minimum atomic E-state index is 0.200. The Hall–Kier alpha value is -1.73. The molecule has 7 heteroatoms. The molecule has 0 bridgehead atoms. The van der Waals surface area contributed by atoms with Gasteiger partial charge in [0, 0.05) is 18.6 Å². The zero-order valence-electron chi connectivity index (χ0n) is 11.8. The first-order chi connectivity index (χ1) is 9.71. The number of aliphatic hydroxyl groups is 1. The van der Waals surface area contributed by atoms with Crippen LogP contribution in [0.3, 0.4) is 0 Å². The summed E-state index contributed by atoms with van der Waals surface area (Å²) in [5.74, 6) is 0. The fourth-order valence-electron chi connectivity index (χ4n) is 2.78. The molecule has 2 aromatic heterocycles. The first kappa shape index (κ1) is 13.3. The van der Waals surface area contributed by atoms with Crippen LogP contribution in [0.2, 0.25) is 0 Å². The van der Waals surface area contributed by atoms with Crippen LogP contribution < -0.4 is 5.32 Å². The van der Waals surface area contributed by atoms with Crippen LogP contribution in [0, 0.1) is 0 Å². The van der Waals surface area contributed by atoms with Crippen LogP contribution >= 0.6 is 0 Å². The second kappa shape index (κ2) is 5.34. The normalized spacial score (nSPS) is 23.6. The van der Waals surface area contributed by atoms with Crippen LogP contribution in [0.25, 0.3) is 5.65 Å². The lowest BCUT2D eigenvalue weighted by Gasteiger charge is -2.15. The lowest BCUT2D eigenvalue weighted by molar-refractivity contribution is 0.182. The van der Waals surface area contributed by atoms with Crippen LogP contribution in [0.5, 0.6) is 0 Å². The largest absolute Gasteiger partial charge is 0.395 e. The van der Waals surface area contributed by atoms with E-state index in [-0.39, 0.29) is 12.6 Å². The summed E-state index contributed by atoms with van der Waals surface area (Å²) in [6, 6.07) is 2.58. The number of fused-ring (bicyclic) bond motifs is 1. The standard InChI is InChI=1S/C13H20N6O/c1-3-9-5-12(13-16-14-8-19(13)17-9)15-10-4-11(7-20)18(2)6-10/h5,8,10-11,15,20H,3-4,6-7H2,1-2H3/t10-,11+/m1/s1. The van der Waals surface area contributed by atoms with Crippen molar-refractivity contribution in [3.63, 3.8) is 0 Å². The number of aliphatic hydroxyl groups excluding tert-OH is 1. The van der Waals surface area contributed by atoms with Crippen molar-refractivity contribution in [1.82, 2.24) is 24.7 Å². The molecule has 1 aliphatic rings. The molecule has 0 aliphatic carbocycles. The number of likely N-dealkylation sites (N-methyl/N-ethyl adjacent to an activating group) is 1. The summed E-state index contributed by atoms with van der Waals surface area (Å²) >= 11 is 0. The molecule has 3 rings (SSSR count). The van der Waals surface area contributed by atoms with Gasteiger partial charge in [-0.25, -0.2) is 0 Å². The molecule has 2 N–H and O–H groups in total. The van der Waals surface area contributed by atoms with Gasteiger partial charge in [0.15, 0.2) is 0 Å². The summed E-state index contributed by atoms with van der Waals surface area (Å²) in [5, 5.41) is 25.3. The van der Waals surface area contributed by atoms with E-state index in [9.17, 15) is 5.11 Å². The minimum Gasteiger partial charge on any atom is -0.395 e. The highest BCUT2D eigenvalue weighted by molar-refractivity contribution is 5.67. The van der Waals surface area contributed by atoms with Crippen LogP contribution in [0.4, 0.5) is 5.69 Å². The summed E-state index contributed by atoms with van der Waals surface area (Å²) < 4.78 is 1.71. The highest BCUT2D eigenvalue weighted by atomic mass is 16.3. The maximum Gasteiger partial charge on any atom is 0.200 e. The van der Waals surface area contributed by atoms with Gasteiger partial charge < -0.3 is 10.4 Å². The van der Waals surface area contributed by atoms with Gasteiger partial charge in [-0.1, -0.05) is 6.92 Å². The summed E-state index contributed by atoms with van der Waals surface area (Å²) in [7, 11) is 2.04. The van der Waals surface area contributed by atoms with Crippen molar-refractivity contribution in [3.05, 3.63) is 18.1 Å². The molecule has 0 spiro atoms. The van der Waals surface area contributed by atoms with Gasteiger partial charge in [0.05, 0.1) is 18.0 Å².